The summed E-state index contributed by atoms with van der Waals surface area (Å²) in [5, 5.41) is 2.90. The van der Waals surface area contributed by atoms with Gasteiger partial charge in [0, 0.05) is 12.1 Å². The fraction of sp³-hybridized carbons (Fsp3) is 0.750. The van der Waals surface area contributed by atoms with Gasteiger partial charge in [-0.15, -0.1) is 0 Å². The predicted octanol–water partition coefficient (Wildman–Crippen LogP) is 3.00. The largest absolute Gasteiger partial charge is 0.332 e. The summed E-state index contributed by atoms with van der Waals surface area (Å²) in [5.74, 6) is 0.293. The number of carbonyl (C=O) groups excluding carboxylic acids is 1. The second-order valence-electron chi connectivity index (χ2n) is 4.18. The molecule has 1 atom stereocenters. The summed E-state index contributed by atoms with van der Waals surface area (Å²) in [7, 11) is 0. The summed E-state index contributed by atoms with van der Waals surface area (Å²) in [4.78, 5) is 11.5. The Labute approximate surface area is 86.8 Å². The average molecular weight is 195 g/mol. The smallest absolute Gasteiger partial charge is 0.226 e. The van der Waals surface area contributed by atoms with Crippen LogP contribution in [0.4, 0.5) is 0 Å². The van der Waals surface area contributed by atoms with Crippen LogP contribution in [0.5, 0.6) is 0 Å². The van der Waals surface area contributed by atoms with Gasteiger partial charge in [0.2, 0.25) is 5.91 Å². The topological polar surface area (TPSA) is 29.1 Å². The van der Waals surface area contributed by atoms with Gasteiger partial charge >= 0.3 is 0 Å². The lowest BCUT2D eigenvalue weighted by Crippen LogP contribution is -2.24. The number of rotatable bonds is 3. The van der Waals surface area contributed by atoms with E-state index in [1.165, 1.54) is 37.7 Å². The molecule has 0 aromatic heterocycles. The molecule has 0 aliphatic heterocycles. The molecule has 1 unspecified atom stereocenters. The first-order chi connectivity index (χ1) is 6.74. The normalized spacial score (nSPS) is 18.9. The van der Waals surface area contributed by atoms with Crippen LogP contribution in [0, 0.1) is 5.92 Å². The molecule has 2 heteroatoms. The Kier molecular flexibility index (Phi) is 4.71. The van der Waals surface area contributed by atoms with E-state index in [9.17, 15) is 4.79 Å². The van der Waals surface area contributed by atoms with Gasteiger partial charge in [-0.05, 0) is 32.1 Å². The fourth-order valence-corrected chi connectivity index (χ4v) is 1.65. The molecule has 0 saturated heterocycles. The first kappa shape index (κ1) is 11.3. The lowest BCUT2D eigenvalue weighted by Gasteiger charge is -2.14. The number of hydrogen-bond donors (Lipinski definition) is 1. The Morgan fingerprint density at radius 3 is 2.64 bits per heavy atom. The van der Waals surface area contributed by atoms with Crippen molar-refractivity contribution in [1.82, 2.24) is 5.32 Å². The van der Waals surface area contributed by atoms with Crippen molar-refractivity contribution in [2.45, 2.75) is 52.4 Å². The van der Waals surface area contributed by atoms with Crippen molar-refractivity contribution in [3.05, 3.63) is 11.8 Å². The Balaban J connectivity index is 2.33. The van der Waals surface area contributed by atoms with E-state index in [1.54, 1.807) is 0 Å². The Morgan fingerprint density at radius 2 is 2.07 bits per heavy atom. The zero-order valence-corrected chi connectivity index (χ0v) is 9.31. The number of amides is 1. The molecule has 1 saturated carbocycles. The molecule has 1 aliphatic rings. The molecule has 1 fully saturated rings. The van der Waals surface area contributed by atoms with Gasteiger partial charge in [-0.3, -0.25) is 4.79 Å². The summed E-state index contributed by atoms with van der Waals surface area (Å²) in [6.07, 6.45) is 9.09. The number of hydrogen-bond acceptors (Lipinski definition) is 1. The minimum absolute atomic E-state index is 0.135. The van der Waals surface area contributed by atoms with E-state index < -0.39 is 0 Å². The zero-order chi connectivity index (χ0) is 10.4. The van der Waals surface area contributed by atoms with Crippen molar-refractivity contribution in [2.75, 3.05) is 0 Å². The van der Waals surface area contributed by atoms with Crippen LogP contribution in [0.2, 0.25) is 0 Å². The molecule has 1 rings (SSSR count). The highest BCUT2D eigenvalue weighted by atomic mass is 16.1. The van der Waals surface area contributed by atoms with Crippen molar-refractivity contribution >= 4 is 5.91 Å². The lowest BCUT2D eigenvalue weighted by molar-refractivity contribution is -0.123. The first-order valence-electron chi connectivity index (χ1n) is 5.72. The summed E-state index contributed by atoms with van der Waals surface area (Å²) in [6, 6.07) is 0. The van der Waals surface area contributed by atoms with Gasteiger partial charge in [-0.1, -0.05) is 25.8 Å². The molecular weight excluding hydrogens is 174 g/mol. The number of allylic oxidation sites excluding steroid dienone is 1. The molecule has 1 amide bonds. The number of nitrogens with one attached hydrogen (secondary N) is 1. The second kappa shape index (κ2) is 5.84. The number of carbonyl (C=O) groups is 1. The fourth-order valence-electron chi connectivity index (χ4n) is 1.65. The van der Waals surface area contributed by atoms with E-state index in [2.05, 4.69) is 5.32 Å². The third-order valence-electron chi connectivity index (χ3n) is 2.97. The van der Waals surface area contributed by atoms with E-state index >= 15 is 0 Å². The molecule has 0 aromatic carbocycles. The third kappa shape index (κ3) is 3.52. The maximum atomic E-state index is 11.5. The summed E-state index contributed by atoms with van der Waals surface area (Å²) in [5.41, 5.74) is 1.41. The van der Waals surface area contributed by atoms with E-state index in [1.807, 2.05) is 20.0 Å². The highest BCUT2D eigenvalue weighted by Gasteiger charge is 2.09. The van der Waals surface area contributed by atoms with Gasteiger partial charge in [-0.25, -0.2) is 0 Å². The molecule has 80 valence electrons. The molecule has 0 spiro atoms. The van der Waals surface area contributed by atoms with Crippen LogP contribution < -0.4 is 5.32 Å². The molecule has 1 aliphatic carbocycles. The minimum Gasteiger partial charge on any atom is -0.332 e. The summed E-state index contributed by atoms with van der Waals surface area (Å²) < 4.78 is 0. The van der Waals surface area contributed by atoms with Crippen LogP contribution in [-0.2, 0) is 4.79 Å². The molecule has 0 aromatic rings. The van der Waals surface area contributed by atoms with E-state index in [0.717, 1.165) is 6.42 Å². The monoisotopic (exact) mass is 195 g/mol. The Morgan fingerprint density at radius 1 is 1.43 bits per heavy atom. The van der Waals surface area contributed by atoms with Crippen LogP contribution in [-0.4, -0.2) is 5.91 Å². The molecule has 1 N–H and O–H groups in total. The van der Waals surface area contributed by atoms with E-state index in [-0.39, 0.29) is 11.8 Å². The van der Waals surface area contributed by atoms with Gasteiger partial charge in [0.15, 0.2) is 0 Å². The molecular formula is C12H21NO. The SMILES string of the molecule is CCC(C)C(=O)NC=C1CCCCC1. The molecule has 0 bridgehead atoms. The average Bonchev–Trinajstić information content (AvgIpc) is 2.26. The molecule has 2 nitrogen and oxygen atoms in total. The van der Waals surface area contributed by atoms with Gasteiger partial charge in [0.25, 0.3) is 0 Å². The van der Waals surface area contributed by atoms with Gasteiger partial charge < -0.3 is 5.32 Å². The summed E-state index contributed by atoms with van der Waals surface area (Å²) >= 11 is 0. The second-order valence-corrected chi connectivity index (χ2v) is 4.18. The predicted molar refractivity (Wildman–Crippen MR) is 58.8 cm³/mol. The Bertz CT molecular complexity index is 212. The van der Waals surface area contributed by atoms with Gasteiger partial charge in [0.1, 0.15) is 0 Å². The highest BCUT2D eigenvalue weighted by molar-refractivity contribution is 5.79. The van der Waals surface area contributed by atoms with Crippen molar-refractivity contribution in [3.8, 4) is 0 Å². The van der Waals surface area contributed by atoms with Crippen molar-refractivity contribution in [3.63, 3.8) is 0 Å². The van der Waals surface area contributed by atoms with Crippen molar-refractivity contribution in [2.24, 2.45) is 5.92 Å². The molecule has 0 heterocycles. The molecule has 0 radical (unpaired) electrons. The van der Waals surface area contributed by atoms with Crippen LogP contribution in [0.25, 0.3) is 0 Å². The van der Waals surface area contributed by atoms with Crippen molar-refractivity contribution in [1.29, 1.82) is 0 Å². The van der Waals surface area contributed by atoms with Crippen LogP contribution >= 0.6 is 0 Å². The Hall–Kier alpha value is -0.790. The molecule has 14 heavy (non-hydrogen) atoms. The van der Waals surface area contributed by atoms with Crippen LogP contribution in [0.3, 0.4) is 0 Å². The van der Waals surface area contributed by atoms with Gasteiger partial charge in [0.05, 0.1) is 0 Å². The maximum absolute atomic E-state index is 11.5. The standard InChI is InChI=1S/C12H21NO/c1-3-10(2)12(14)13-9-11-7-5-4-6-8-11/h9-10H,3-8H2,1-2H3,(H,13,14). The third-order valence-corrected chi connectivity index (χ3v) is 2.97. The maximum Gasteiger partial charge on any atom is 0.226 e. The summed E-state index contributed by atoms with van der Waals surface area (Å²) in [6.45, 7) is 4.01. The van der Waals surface area contributed by atoms with Crippen LogP contribution in [0.1, 0.15) is 52.4 Å². The zero-order valence-electron chi connectivity index (χ0n) is 9.31. The van der Waals surface area contributed by atoms with E-state index in [4.69, 9.17) is 0 Å². The van der Waals surface area contributed by atoms with Crippen LogP contribution in [0.15, 0.2) is 11.8 Å². The van der Waals surface area contributed by atoms with Gasteiger partial charge in [-0.2, -0.15) is 0 Å². The first-order valence-corrected chi connectivity index (χ1v) is 5.72. The lowest BCUT2D eigenvalue weighted by atomic mass is 9.96. The quantitative estimate of drug-likeness (QED) is 0.737. The van der Waals surface area contributed by atoms with E-state index in [0.29, 0.717) is 0 Å². The van der Waals surface area contributed by atoms with Crippen molar-refractivity contribution < 1.29 is 4.79 Å². The minimum atomic E-state index is 0.135. The highest BCUT2D eigenvalue weighted by Crippen LogP contribution is 2.21.